The van der Waals surface area contributed by atoms with Crippen LogP contribution in [0.1, 0.15) is 91.4 Å². The maximum atomic E-state index is 13.2. The summed E-state index contributed by atoms with van der Waals surface area (Å²) in [5, 5.41) is 0. The SMILES string of the molecule is CCC1CC(CC)C2C3CC(CC3C(=O)OCOC3(CC)CC4CC3C3CCCC43)C12. The molecule has 0 aromatic carbocycles. The van der Waals surface area contributed by atoms with Crippen LogP contribution in [0, 0.1) is 65.1 Å². The lowest BCUT2D eigenvalue weighted by atomic mass is 9.70. The molecule has 6 aliphatic rings. The molecular formula is C28H44O3. The Kier molecular flexibility index (Phi) is 5.24. The van der Waals surface area contributed by atoms with Gasteiger partial charge in [0.1, 0.15) is 0 Å². The number of hydrogen-bond donors (Lipinski definition) is 0. The summed E-state index contributed by atoms with van der Waals surface area (Å²) in [4.78, 5) is 13.2. The third kappa shape index (κ3) is 2.96. The molecule has 6 rings (SSSR count). The van der Waals surface area contributed by atoms with Crippen molar-refractivity contribution in [3.8, 4) is 0 Å². The first-order chi connectivity index (χ1) is 15.1. The lowest BCUT2D eigenvalue weighted by Gasteiger charge is -2.42. The Morgan fingerprint density at radius 3 is 2.42 bits per heavy atom. The lowest BCUT2D eigenvalue weighted by molar-refractivity contribution is -0.193. The number of esters is 1. The monoisotopic (exact) mass is 428 g/mol. The summed E-state index contributed by atoms with van der Waals surface area (Å²) in [7, 11) is 0. The number of hydrogen-bond acceptors (Lipinski definition) is 3. The van der Waals surface area contributed by atoms with Gasteiger partial charge in [0.15, 0.2) is 6.79 Å². The van der Waals surface area contributed by atoms with Crippen molar-refractivity contribution in [1.29, 1.82) is 0 Å². The molecule has 0 aliphatic heterocycles. The van der Waals surface area contributed by atoms with Gasteiger partial charge in [-0.25, -0.2) is 0 Å². The van der Waals surface area contributed by atoms with Gasteiger partial charge in [-0.3, -0.25) is 4.79 Å². The molecule has 0 saturated heterocycles. The van der Waals surface area contributed by atoms with Crippen molar-refractivity contribution < 1.29 is 14.3 Å². The Hall–Kier alpha value is -0.570. The van der Waals surface area contributed by atoms with E-state index in [9.17, 15) is 4.79 Å². The number of fused-ring (bicyclic) bond motifs is 10. The summed E-state index contributed by atoms with van der Waals surface area (Å²) in [6.07, 6.45) is 14.3. The smallest absolute Gasteiger partial charge is 0.311 e. The maximum Gasteiger partial charge on any atom is 0.311 e. The average Bonchev–Trinajstić information content (AvgIpc) is 3.59. The van der Waals surface area contributed by atoms with E-state index in [1.54, 1.807) is 0 Å². The second kappa shape index (κ2) is 7.74. The van der Waals surface area contributed by atoms with Crippen molar-refractivity contribution in [1.82, 2.24) is 0 Å². The normalized spacial score (nSPS) is 53.8. The molecule has 6 fully saturated rings. The molecule has 6 aliphatic carbocycles. The molecule has 0 aromatic rings. The minimum absolute atomic E-state index is 0.0106. The van der Waals surface area contributed by atoms with Crippen molar-refractivity contribution in [3.05, 3.63) is 0 Å². The van der Waals surface area contributed by atoms with Gasteiger partial charge in [0.05, 0.1) is 11.5 Å². The Morgan fingerprint density at radius 1 is 0.871 bits per heavy atom. The summed E-state index contributed by atoms with van der Waals surface area (Å²) < 4.78 is 12.4. The predicted molar refractivity (Wildman–Crippen MR) is 121 cm³/mol. The van der Waals surface area contributed by atoms with Crippen LogP contribution in [0.25, 0.3) is 0 Å². The predicted octanol–water partition coefficient (Wildman–Crippen LogP) is 6.45. The zero-order valence-corrected chi connectivity index (χ0v) is 20.1. The van der Waals surface area contributed by atoms with E-state index in [0.29, 0.717) is 11.8 Å². The molecule has 31 heavy (non-hydrogen) atoms. The van der Waals surface area contributed by atoms with E-state index in [0.717, 1.165) is 60.2 Å². The number of ether oxygens (including phenoxy) is 2. The Labute approximate surface area is 189 Å². The van der Waals surface area contributed by atoms with Gasteiger partial charge in [-0.05, 0) is 111 Å². The van der Waals surface area contributed by atoms with Crippen molar-refractivity contribution in [2.45, 2.75) is 97.0 Å². The van der Waals surface area contributed by atoms with Crippen LogP contribution in [0.3, 0.4) is 0 Å². The van der Waals surface area contributed by atoms with E-state index < -0.39 is 0 Å². The fourth-order valence-electron chi connectivity index (χ4n) is 10.9. The van der Waals surface area contributed by atoms with Gasteiger partial charge in [-0.15, -0.1) is 0 Å². The molecule has 3 heteroatoms. The molecule has 12 unspecified atom stereocenters. The van der Waals surface area contributed by atoms with Crippen LogP contribution in [0.2, 0.25) is 0 Å². The highest BCUT2D eigenvalue weighted by Gasteiger charge is 2.62. The second-order valence-corrected chi connectivity index (χ2v) is 12.4. The van der Waals surface area contributed by atoms with Crippen LogP contribution in [-0.2, 0) is 14.3 Å². The van der Waals surface area contributed by atoms with Gasteiger partial charge >= 0.3 is 5.97 Å². The van der Waals surface area contributed by atoms with Crippen molar-refractivity contribution in [2.24, 2.45) is 65.1 Å². The van der Waals surface area contributed by atoms with Gasteiger partial charge < -0.3 is 9.47 Å². The molecule has 4 bridgehead atoms. The highest BCUT2D eigenvalue weighted by atomic mass is 16.7. The van der Waals surface area contributed by atoms with E-state index in [-0.39, 0.29) is 24.3 Å². The Balaban J connectivity index is 1.07. The van der Waals surface area contributed by atoms with E-state index >= 15 is 0 Å². The third-order valence-electron chi connectivity index (χ3n) is 11.9. The molecule has 0 amide bonds. The van der Waals surface area contributed by atoms with Crippen LogP contribution in [-0.4, -0.2) is 18.4 Å². The van der Waals surface area contributed by atoms with Crippen LogP contribution in [0.5, 0.6) is 0 Å². The summed E-state index contributed by atoms with van der Waals surface area (Å²) in [5.74, 6) is 8.47. The van der Waals surface area contributed by atoms with Gasteiger partial charge in [-0.1, -0.05) is 40.0 Å². The number of carbonyl (C=O) groups excluding carboxylic acids is 1. The van der Waals surface area contributed by atoms with E-state index in [1.165, 1.54) is 57.8 Å². The van der Waals surface area contributed by atoms with Gasteiger partial charge in [-0.2, -0.15) is 0 Å². The minimum atomic E-state index is -0.0106. The van der Waals surface area contributed by atoms with Crippen molar-refractivity contribution >= 4 is 5.97 Å². The van der Waals surface area contributed by atoms with E-state index in [2.05, 4.69) is 20.8 Å². The Morgan fingerprint density at radius 2 is 1.65 bits per heavy atom. The molecule has 3 nitrogen and oxygen atoms in total. The molecule has 0 N–H and O–H groups in total. The second-order valence-electron chi connectivity index (χ2n) is 12.4. The van der Waals surface area contributed by atoms with E-state index in [4.69, 9.17) is 9.47 Å². The van der Waals surface area contributed by atoms with E-state index in [1.807, 2.05) is 0 Å². The zero-order valence-electron chi connectivity index (χ0n) is 20.1. The summed E-state index contributed by atoms with van der Waals surface area (Å²) in [5.41, 5.74) is -0.0106. The van der Waals surface area contributed by atoms with Crippen LogP contribution in [0.4, 0.5) is 0 Å². The molecule has 6 saturated carbocycles. The number of carbonyl (C=O) groups is 1. The van der Waals surface area contributed by atoms with Gasteiger partial charge in [0.25, 0.3) is 0 Å². The molecular weight excluding hydrogens is 384 g/mol. The topological polar surface area (TPSA) is 35.5 Å². The average molecular weight is 429 g/mol. The van der Waals surface area contributed by atoms with Gasteiger partial charge in [0.2, 0.25) is 0 Å². The van der Waals surface area contributed by atoms with Crippen LogP contribution in [0.15, 0.2) is 0 Å². The molecule has 12 atom stereocenters. The largest absolute Gasteiger partial charge is 0.438 e. The van der Waals surface area contributed by atoms with Crippen molar-refractivity contribution in [3.63, 3.8) is 0 Å². The standard InChI is InChI=1S/C28H44O3/c1-4-16-10-17(5-2)26-22-11-18(25(16)26)12-23(22)27(29)30-15-31-28(6-3)14-19-13-24(28)21-9-7-8-20(19)21/h16-26H,4-15H2,1-3H3. The number of rotatable bonds is 7. The summed E-state index contributed by atoms with van der Waals surface area (Å²) >= 11 is 0. The van der Waals surface area contributed by atoms with Crippen LogP contribution < -0.4 is 0 Å². The quantitative estimate of drug-likeness (QED) is 0.345. The third-order valence-corrected chi connectivity index (χ3v) is 11.9. The lowest BCUT2D eigenvalue weighted by Crippen LogP contribution is -2.44. The van der Waals surface area contributed by atoms with Crippen LogP contribution >= 0.6 is 0 Å². The highest BCUT2D eigenvalue weighted by molar-refractivity contribution is 5.73. The highest BCUT2D eigenvalue weighted by Crippen LogP contribution is 2.66. The fraction of sp³-hybridized carbons (Fsp3) is 0.964. The summed E-state index contributed by atoms with van der Waals surface area (Å²) in [6, 6.07) is 0. The molecule has 0 radical (unpaired) electrons. The van der Waals surface area contributed by atoms with Gasteiger partial charge in [0, 0.05) is 0 Å². The molecule has 0 heterocycles. The minimum Gasteiger partial charge on any atom is -0.438 e. The first-order valence-electron chi connectivity index (χ1n) is 13.9. The maximum absolute atomic E-state index is 13.2. The first kappa shape index (κ1) is 21.0. The molecule has 174 valence electrons. The van der Waals surface area contributed by atoms with Crippen molar-refractivity contribution in [2.75, 3.05) is 6.79 Å². The fourth-order valence-corrected chi connectivity index (χ4v) is 10.9. The first-order valence-corrected chi connectivity index (χ1v) is 13.9. The summed E-state index contributed by atoms with van der Waals surface area (Å²) in [6.45, 7) is 7.23. The molecule has 0 spiro atoms. The zero-order chi connectivity index (χ0) is 21.3. The molecule has 0 aromatic heterocycles. The Bertz CT molecular complexity index is 704.